The molecule has 0 bridgehead atoms. The molecule has 7 heteroatoms. The van der Waals surface area contributed by atoms with E-state index in [9.17, 15) is 13.2 Å². The molecule has 1 aromatic carbocycles. The van der Waals surface area contributed by atoms with Crippen LogP contribution in [0.4, 0.5) is 13.2 Å². The van der Waals surface area contributed by atoms with E-state index in [0.717, 1.165) is 37.1 Å². The number of alkyl halides is 3. The van der Waals surface area contributed by atoms with Gasteiger partial charge in [-0.3, -0.25) is 4.90 Å². The van der Waals surface area contributed by atoms with Crippen LogP contribution < -0.4 is 5.73 Å². The molecule has 1 heterocycles. The van der Waals surface area contributed by atoms with Crippen molar-refractivity contribution in [3.05, 3.63) is 35.4 Å². The van der Waals surface area contributed by atoms with Crippen LogP contribution in [0.2, 0.25) is 0 Å². The zero-order valence-electron chi connectivity index (χ0n) is 12.5. The Balaban J connectivity index is 0.00000242. The van der Waals surface area contributed by atoms with E-state index >= 15 is 0 Å². The summed E-state index contributed by atoms with van der Waals surface area (Å²) in [4.78, 5) is 2.22. The fourth-order valence-electron chi connectivity index (χ4n) is 2.76. The van der Waals surface area contributed by atoms with E-state index in [4.69, 9.17) is 10.5 Å². The normalized spacial score (nSPS) is 23.1. The SMILES string of the molecule is COC1CCN(Cc2ccc(C(F)(F)F)cc2)C(CN)C1.Cl. The summed E-state index contributed by atoms with van der Waals surface area (Å²) in [7, 11) is 1.70. The minimum Gasteiger partial charge on any atom is -0.381 e. The molecule has 1 aromatic rings. The zero-order valence-corrected chi connectivity index (χ0v) is 13.3. The minimum atomic E-state index is -4.28. The lowest BCUT2D eigenvalue weighted by atomic mass is 9.98. The monoisotopic (exact) mass is 338 g/mol. The van der Waals surface area contributed by atoms with Gasteiger partial charge in [-0.25, -0.2) is 0 Å². The molecule has 0 saturated carbocycles. The van der Waals surface area contributed by atoms with Gasteiger partial charge < -0.3 is 10.5 Å². The lowest BCUT2D eigenvalue weighted by Gasteiger charge is -2.38. The number of halogens is 4. The van der Waals surface area contributed by atoms with E-state index in [1.54, 1.807) is 19.2 Å². The Labute approximate surface area is 135 Å². The average molecular weight is 339 g/mol. The highest BCUT2D eigenvalue weighted by atomic mass is 35.5. The lowest BCUT2D eigenvalue weighted by Crippen LogP contribution is -2.47. The van der Waals surface area contributed by atoms with Crippen molar-refractivity contribution >= 4 is 12.4 Å². The Morgan fingerprint density at radius 3 is 2.41 bits per heavy atom. The van der Waals surface area contributed by atoms with Crippen molar-refractivity contribution in [2.24, 2.45) is 5.73 Å². The molecule has 0 radical (unpaired) electrons. The zero-order chi connectivity index (χ0) is 15.5. The largest absolute Gasteiger partial charge is 0.416 e. The highest BCUT2D eigenvalue weighted by molar-refractivity contribution is 5.85. The predicted molar refractivity (Wildman–Crippen MR) is 82.0 cm³/mol. The van der Waals surface area contributed by atoms with Crippen LogP contribution in [0.5, 0.6) is 0 Å². The first kappa shape index (κ1) is 19.2. The number of benzene rings is 1. The topological polar surface area (TPSA) is 38.5 Å². The first-order valence-corrected chi connectivity index (χ1v) is 7.07. The number of hydrogen-bond acceptors (Lipinski definition) is 3. The predicted octanol–water partition coefficient (Wildman–Crippen LogP) is 3.07. The van der Waals surface area contributed by atoms with Crippen LogP contribution in [-0.4, -0.2) is 37.2 Å². The molecule has 1 saturated heterocycles. The Hall–Kier alpha value is -0.820. The van der Waals surface area contributed by atoms with E-state index in [1.807, 2.05) is 0 Å². The highest BCUT2D eigenvalue weighted by Gasteiger charge is 2.30. The number of piperidine rings is 1. The van der Waals surface area contributed by atoms with Crippen molar-refractivity contribution < 1.29 is 17.9 Å². The summed E-state index contributed by atoms with van der Waals surface area (Å²) in [6, 6.07) is 5.56. The van der Waals surface area contributed by atoms with Gasteiger partial charge in [-0.2, -0.15) is 13.2 Å². The molecule has 1 aliphatic rings. The maximum atomic E-state index is 12.5. The fraction of sp³-hybridized carbons (Fsp3) is 0.600. The van der Waals surface area contributed by atoms with Crippen molar-refractivity contribution in [1.29, 1.82) is 0 Å². The van der Waals surface area contributed by atoms with Gasteiger partial charge in [-0.1, -0.05) is 12.1 Å². The fourth-order valence-corrected chi connectivity index (χ4v) is 2.76. The first-order valence-electron chi connectivity index (χ1n) is 7.07. The summed E-state index contributed by atoms with van der Waals surface area (Å²) in [6.45, 7) is 2.00. The number of likely N-dealkylation sites (tertiary alicyclic amines) is 1. The van der Waals surface area contributed by atoms with Crippen LogP contribution in [0.25, 0.3) is 0 Å². The summed E-state index contributed by atoms with van der Waals surface area (Å²) in [5.74, 6) is 0. The van der Waals surface area contributed by atoms with Crippen LogP contribution >= 0.6 is 12.4 Å². The third-order valence-electron chi connectivity index (χ3n) is 4.06. The van der Waals surface area contributed by atoms with Crippen LogP contribution in [0.1, 0.15) is 24.0 Å². The van der Waals surface area contributed by atoms with E-state index < -0.39 is 11.7 Å². The maximum absolute atomic E-state index is 12.5. The van der Waals surface area contributed by atoms with E-state index in [-0.39, 0.29) is 24.6 Å². The number of rotatable bonds is 4. The third kappa shape index (κ3) is 4.84. The van der Waals surface area contributed by atoms with Crippen molar-refractivity contribution in [1.82, 2.24) is 4.90 Å². The summed E-state index contributed by atoms with van der Waals surface area (Å²) < 4.78 is 43.0. The van der Waals surface area contributed by atoms with Crippen LogP contribution in [0.15, 0.2) is 24.3 Å². The Morgan fingerprint density at radius 1 is 1.27 bits per heavy atom. The molecular weight excluding hydrogens is 317 g/mol. The quantitative estimate of drug-likeness (QED) is 0.917. The molecule has 2 N–H and O–H groups in total. The molecule has 0 aromatic heterocycles. The molecule has 1 fully saturated rings. The summed E-state index contributed by atoms with van der Waals surface area (Å²) in [6.07, 6.45) is -2.27. The standard InChI is InChI=1S/C15H21F3N2O.ClH/c1-21-14-6-7-20(13(8-14)9-19)10-11-2-4-12(5-3-11)15(16,17)18;/h2-5,13-14H,6-10,19H2,1H3;1H. The first-order chi connectivity index (χ1) is 9.94. The van der Waals surface area contributed by atoms with Crippen LogP contribution in [0, 0.1) is 0 Å². The Bertz CT molecular complexity index is 453. The maximum Gasteiger partial charge on any atom is 0.416 e. The van der Waals surface area contributed by atoms with Gasteiger partial charge in [-0.15, -0.1) is 12.4 Å². The molecule has 0 amide bonds. The van der Waals surface area contributed by atoms with Gasteiger partial charge in [0.05, 0.1) is 11.7 Å². The van der Waals surface area contributed by atoms with Gasteiger partial charge in [0.15, 0.2) is 0 Å². The van der Waals surface area contributed by atoms with Crippen molar-refractivity contribution in [3.63, 3.8) is 0 Å². The molecule has 2 rings (SSSR count). The second kappa shape index (κ2) is 8.15. The van der Waals surface area contributed by atoms with Crippen molar-refractivity contribution in [3.8, 4) is 0 Å². The number of methoxy groups -OCH3 is 1. The highest BCUT2D eigenvalue weighted by Crippen LogP contribution is 2.29. The number of nitrogens with zero attached hydrogens (tertiary/aromatic N) is 1. The minimum absolute atomic E-state index is 0. The number of ether oxygens (including phenoxy) is 1. The van der Waals surface area contributed by atoms with Gasteiger partial charge in [0, 0.05) is 32.8 Å². The molecule has 1 aliphatic heterocycles. The second-order valence-electron chi connectivity index (χ2n) is 5.44. The smallest absolute Gasteiger partial charge is 0.381 e. The molecule has 2 unspecified atom stereocenters. The van der Waals surface area contributed by atoms with Gasteiger partial charge in [-0.05, 0) is 30.5 Å². The molecular formula is C15H22ClF3N2O. The van der Waals surface area contributed by atoms with E-state index in [1.165, 1.54) is 0 Å². The molecule has 3 nitrogen and oxygen atoms in total. The Morgan fingerprint density at radius 2 is 1.91 bits per heavy atom. The second-order valence-corrected chi connectivity index (χ2v) is 5.44. The van der Waals surface area contributed by atoms with Crippen LogP contribution in [0.3, 0.4) is 0 Å². The van der Waals surface area contributed by atoms with Crippen molar-refractivity contribution in [2.75, 3.05) is 20.2 Å². The lowest BCUT2D eigenvalue weighted by molar-refractivity contribution is -0.137. The summed E-state index contributed by atoms with van der Waals surface area (Å²) in [5, 5.41) is 0. The summed E-state index contributed by atoms with van der Waals surface area (Å²) in [5.41, 5.74) is 6.06. The van der Waals surface area contributed by atoms with E-state index in [2.05, 4.69) is 4.90 Å². The number of hydrogen-bond donors (Lipinski definition) is 1. The molecule has 2 atom stereocenters. The average Bonchev–Trinajstić information content (AvgIpc) is 2.47. The number of nitrogens with two attached hydrogens (primary N) is 1. The molecule has 22 heavy (non-hydrogen) atoms. The third-order valence-corrected chi connectivity index (χ3v) is 4.06. The van der Waals surface area contributed by atoms with Crippen LogP contribution in [-0.2, 0) is 17.5 Å². The van der Waals surface area contributed by atoms with E-state index in [0.29, 0.717) is 13.1 Å². The molecule has 0 aliphatic carbocycles. The summed E-state index contributed by atoms with van der Waals surface area (Å²) >= 11 is 0. The molecule has 126 valence electrons. The van der Waals surface area contributed by atoms with Gasteiger partial charge in [0.25, 0.3) is 0 Å². The van der Waals surface area contributed by atoms with Gasteiger partial charge >= 0.3 is 6.18 Å². The Kier molecular flexibility index (Phi) is 7.12. The van der Waals surface area contributed by atoms with Gasteiger partial charge in [0.2, 0.25) is 0 Å². The van der Waals surface area contributed by atoms with Crippen molar-refractivity contribution in [2.45, 2.75) is 37.7 Å². The molecule has 0 spiro atoms. The van der Waals surface area contributed by atoms with Gasteiger partial charge in [0.1, 0.15) is 0 Å².